The van der Waals surface area contributed by atoms with Crippen molar-refractivity contribution in [2.45, 2.75) is 27.7 Å². The topological polar surface area (TPSA) is 92.3 Å². The molecular weight excluding hydrogens is 398 g/mol. The minimum atomic E-state index is 0.402. The summed E-state index contributed by atoms with van der Waals surface area (Å²) in [5, 5.41) is 18.6. The van der Waals surface area contributed by atoms with Crippen LogP contribution >= 0.6 is 0 Å². The van der Waals surface area contributed by atoms with Crippen LogP contribution in [0.2, 0.25) is 0 Å². The zero-order valence-electron chi connectivity index (χ0n) is 18.3. The van der Waals surface area contributed by atoms with Gasteiger partial charge < -0.3 is 5.32 Å². The molecule has 3 aromatic heterocycles. The molecule has 0 saturated carbocycles. The number of nitriles is 1. The van der Waals surface area contributed by atoms with Gasteiger partial charge in [-0.15, -0.1) is 0 Å². The standard InChI is InChI=1S/C25H21N7/c1-14-9-16(3)23-19(10-14)15(2)11-22(30-23)32-25(18(12-26)13-27-32)31-24-17(4)28-20-7-5-6-8-21(20)29-24/h5-11,13H,1-4H3,(H,29,31). The van der Waals surface area contributed by atoms with Gasteiger partial charge in [-0.1, -0.05) is 23.8 Å². The van der Waals surface area contributed by atoms with Crippen molar-refractivity contribution >= 4 is 33.6 Å². The van der Waals surface area contributed by atoms with Crippen molar-refractivity contribution in [1.29, 1.82) is 5.26 Å². The average Bonchev–Trinajstić information content (AvgIpc) is 3.17. The molecule has 5 aromatic rings. The van der Waals surface area contributed by atoms with Gasteiger partial charge in [-0.3, -0.25) is 0 Å². The van der Waals surface area contributed by atoms with E-state index >= 15 is 0 Å². The van der Waals surface area contributed by atoms with E-state index < -0.39 is 0 Å². The van der Waals surface area contributed by atoms with Crippen LogP contribution < -0.4 is 5.32 Å². The van der Waals surface area contributed by atoms with Gasteiger partial charge in [0.05, 0.1) is 28.4 Å². The number of hydrogen-bond donors (Lipinski definition) is 1. The third kappa shape index (κ3) is 3.22. The highest BCUT2D eigenvalue weighted by Crippen LogP contribution is 2.28. The monoisotopic (exact) mass is 419 g/mol. The maximum Gasteiger partial charge on any atom is 0.156 e. The Morgan fingerprint density at radius 3 is 2.41 bits per heavy atom. The molecule has 7 nitrogen and oxygen atoms in total. The number of para-hydroxylation sites is 2. The Morgan fingerprint density at radius 2 is 1.66 bits per heavy atom. The summed E-state index contributed by atoms with van der Waals surface area (Å²) in [6.45, 7) is 8.09. The first kappa shape index (κ1) is 19.6. The molecule has 1 N–H and O–H groups in total. The van der Waals surface area contributed by atoms with Gasteiger partial charge in [0.25, 0.3) is 0 Å². The molecule has 0 unspecified atom stereocenters. The molecule has 0 aliphatic carbocycles. The molecule has 0 amide bonds. The van der Waals surface area contributed by atoms with Crippen LogP contribution in [0.1, 0.15) is 27.9 Å². The number of aromatic nitrogens is 5. The fourth-order valence-electron chi connectivity index (χ4n) is 3.98. The maximum atomic E-state index is 9.70. The van der Waals surface area contributed by atoms with E-state index in [-0.39, 0.29) is 0 Å². The number of aryl methyl sites for hydroxylation is 4. The van der Waals surface area contributed by atoms with E-state index in [0.717, 1.165) is 38.8 Å². The third-order valence-corrected chi connectivity index (χ3v) is 5.53. The van der Waals surface area contributed by atoms with Crippen molar-refractivity contribution in [1.82, 2.24) is 24.7 Å². The van der Waals surface area contributed by atoms with E-state index in [1.807, 2.05) is 37.3 Å². The molecule has 5 rings (SSSR count). The Hall–Kier alpha value is -4.31. The molecule has 0 aliphatic rings. The van der Waals surface area contributed by atoms with Crippen LogP contribution in [0.4, 0.5) is 11.6 Å². The molecule has 3 heterocycles. The molecule has 0 fully saturated rings. The van der Waals surface area contributed by atoms with E-state index in [9.17, 15) is 5.26 Å². The highest BCUT2D eigenvalue weighted by atomic mass is 15.4. The summed E-state index contributed by atoms with van der Waals surface area (Å²) in [7, 11) is 0. The number of pyridine rings is 1. The van der Waals surface area contributed by atoms with Gasteiger partial charge in [0.1, 0.15) is 11.6 Å². The van der Waals surface area contributed by atoms with E-state index in [1.165, 1.54) is 11.8 Å². The first-order chi connectivity index (χ1) is 15.4. The van der Waals surface area contributed by atoms with Gasteiger partial charge in [0, 0.05) is 5.39 Å². The smallest absolute Gasteiger partial charge is 0.156 e. The summed E-state index contributed by atoms with van der Waals surface area (Å²) in [6, 6.07) is 16.2. The quantitative estimate of drug-likeness (QED) is 0.431. The van der Waals surface area contributed by atoms with Crippen molar-refractivity contribution in [2.24, 2.45) is 0 Å². The Kier molecular flexibility index (Phi) is 4.56. The van der Waals surface area contributed by atoms with Crippen LogP contribution in [0.25, 0.3) is 27.8 Å². The fourth-order valence-corrected chi connectivity index (χ4v) is 3.98. The second-order valence-corrected chi connectivity index (χ2v) is 7.98. The van der Waals surface area contributed by atoms with Gasteiger partial charge in [0.2, 0.25) is 0 Å². The number of nitrogens with zero attached hydrogens (tertiary/aromatic N) is 6. The number of anilines is 2. The summed E-state index contributed by atoms with van der Waals surface area (Å²) in [4.78, 5) is 14.2. The normalized spacial score (nSPS) is 11.1. The van der Waals surface area contributed by atoms with Crippen LogP contribution in [-0.2, 0) is 0 Å². The zero-order chi connectivity index (χ0) is 22.4. The second-order valence-electron chi connectivity index (χ2n) is 7.98. The molecule has 0 atom stereocenters. The fraction of sp³-hybridized carbons (Fsp3) is 0.160. The molecule has 0 spiro atoms. The highest BCUT2D eigenvalue weighted by molar-refractivity contribution is 5.86. The molecule has 7 heteroatoms. The lowest BCUT2D eigenvalue weighted by Crippen LogP contribution is -2.08. The average molecular weight is 419 g/mol. The molecule has 2 aromatic carbocycles. The summed E-state index contributed by atoms with van der Waals surface area (Å²) in [5.41, 5.74) is 7.05. The van der Waals surface area contributed by atoms with Crippen molar-refractivity contribution in [3.63, 3.8) is 0 Å². The van der Waals surface area contributed by atoms with Gasteiger partial charge >= 0.3 is 0 Å². The summed E-state index contributed by atoms with van der Waals surface area (Å²) >= 11 is 0. The molecule has 0 saturated heterocycles. The molecule has 32 heavy (non-hydrogen) atoms. The first-order valence-corrected chi connectivity index (χ1v) is 10.3. The maximum absolute atomic E-state index is 9.70. The minimum Gasteiger partial charge on any atom is -0.322 e. The Labute approximate surface area is 185 Å². The van der Waals surface area contributed by atoms with Crippen molar-refractivity contribution < 1.29 is 0 Å². The van der Waals surface area contributed by atoms with E-state index in [1.54, 1.807) is 4.68 Å². The number of benzene rings is 2. The Bertz CT molecular complexity index is 1560. The lowest BCUT2D eigenvalue weighted by Gasteiger charge is -2.14. The van der Waals surface area contributed by atoms with Gasteiger partial charge in [-0.2, -0.15) is 15.0 Å². The van der Waals surface area contributed by atoms with E-state index in [0.29, 0.717) is 23.0 Å². The first-order valence-electron chi connectivity index (χ1n) is 10.3. The molecular formula is C25H21N7. The minimum absolute atomic E-state index is 0.402. The van der Waals surface area contributed by atoms with Gasteiger partial charge in [-0.05, 0) is 63.1 Å². The van der Waals surface area contributed by atoms with Crippen LogP contribution in [0.5, 0.6) is 0 Å². The molecule has 0 aliphatic heterocycles. The van der Waals surface area contributed by atoms with Crippen LogP contribution in [-0.4, -0.2) is 24.7 Å². The third-order valence-electron chi connectivity index (χ3n) is 5.53. The zero-order valence-corrected chi connectivity index (χ0v) is 18.3. The number of nitrogens with one attached hydrogen (secondary N) is 1. The Morgan fingerprint density at radius 1 is 0.906 bits per heavy atom. The van der Waals surface area contributed by atoms with Gasteiger partial charge in [-0.25, -0.2) is 15.0 Å². The second kappa shape index (κ2) is 7.43. The summed E-state index contributed by atoms with van der Waals surface area (Å²) in [5.74, 6) is 1.72. The lowest BCUT2D eigenvalue weighted by atomic mass is 10.0. The number of hydrogen-bond acceptors (Lipinski definition) is 6. The van der Waals surface area contributed by atoms with E-state index in [2.05, 4.69) is 54.4 Å². The lowest BCUT2D eigenvalue weighted by molar-refractivity contribution is 0.857. The predicted octanol–water partition coefficient (Wildman–Crippen LogP) is 5.21. The SMILES string of the molecule is Cc1cc(C)c2nc(-n3ncc(C#N)c3Nc3nc4ccccc4nc3C)cc(C)c2c1. The van der Waals surface area contributed by atoms with Crippen LogP contribution in [0.3, 0.4) is 0 Å². The van der Waals surface area contributed by atoms with Crippen molar-refractivity contribution in [3.8, 4) is 11.9 Å². The molecule has 0 bridgehead atoms. The van der Waals surface area contributed by atoms with Crippen molar-refractivity contribution in [2.75, 3.05) is 5.32 Å². The van der Waals surface area contributed by atoms with Crippen molar-refractivity contribution in [3.05, 3.63) is 76.6 Å². The summed E-state index contributed by atoms with van der Waals surface area (Å²) in [6.07, 6.45) is 1.54. The van der Waals surface area contributed by atoms with Gasteiger partial charge in [0.15, 0.2) is 17.5 Å². The predicted molar refractivity (Wildman–Crippen MR) is 125 cm³/mol. The van der Waals surface area contributed by atoms with E-state index in [4.69, 9.17) is 9.97 Å². The molecule has 156 valence electrons. The number of fused-ring (bicyclic) bond motifs is 2. The molecule has 0 radical (unpaired) electrons. The Balaban J connectivity index is 1.67. The number of rotatable bonds is 3. The summed E-state index contributed by atoms with van der Waals surface area (Å²) < 4.78 is 1.65. The largest absolute Gasteiger partial charge is 0.322 e. The highest BCUT2D eigenvalue weighted by Gasteiger charge is 2.17. The van der Waals surface area contributed by atoms with Crippen LogP contribution in [0, 0.1) is 39.0 Å². The van der Waals surface area contributed by atoms with Crippen LogP contribution in [0.15, 0.2) is 48.7 Å².